The first-order valence-corrected chi connectivity index (χ1v) is 12.6. The van der Waals surface area contributed by atoms with Crippen molar-refractivity contribution in [3.8, 4) is 23.1 Å². The van der Waals surface area contributed by atoms with Gasteiger partial charge in [0.15, 0.2) is 17.3 Å². The van der Waals surface area contributed by atoms with E-state index in [9.17, 15) is 19.6 Å². The fraction of sp³-hybridized carbons (Fsp3) is 0.385. The summed E-state index contributed by atoms with van der Waals surface area (Å²) in [5.74, 6) is -1.21. The normalized spacial score (nSPS) is 16.4. The second-order valence-corrected chi connectivity index (χ2v) is 9.50. The van der Waals surface area contributed by atoms with Gasteiger partial charge in [0.25, 0.3) is 5.91 Å². The Morgan fingerprint density at radius 3 is 2.77 bits per heavy atom. The van der Waals surface area contributed by atoms with E-state index in [1.165, 1.54) is 24.2 Å². The van der Waals surface area contributed by atoms with Crippen LogP contribution in [0.15, 0.2) is 30.5 Å². The van der Waals surface area contributed by atoms with Gasteiger partial charge in [-0.1, -0.05) is 6.07 Å². The maximum absolute atomic E-state index is 12.8. The summed E-state index contributed by atoms with van der Waals surface area (Å²) >= 11 is 0. The molecule has 2 aliphatic rings. The zero-order chi connectivity index (χ0) is 30.8. The highest BCUT2D eigenvalue weighted by molar-refractivity contribution is 6.00. The Hall–Kier alpha value is -5.06. The molecule has 2 fully saturated rings. The maximum Gasteiger partial charge on any atom is 0.273 e. The van der Waals surface area contributed by atoms with Crippen molar-refractivity contribution < 1.29 is 23.2 Å². The Balaban J connectivity index is 1.37. The first-order chi connectivity index (χ1) is 20.5. The molecule has 0 bridgehead atoms. The van der Waals surface area contributed by atoms with Crippen LogP contribution in [0.4, 0.5) is 17.2 Å². The molecular weight excluding hydrogens is 516 g/mol. The number of amides is 3. The van der Waals surface area contributed by atoms with Gasteiger partial charge in [0.2, 0.25) is 11.8 Å². The number of para-hydroxylation sites is 1. The molecule has 40 heavy (non-hydrogen) atoms. The van der Waals surface area contributed by atoms with Crippen LogP contribution in [-0.4, -0.2) is 63.5 Å². The van der Waals surface area contributed by atoms with E-state index in [1.807, 2.05) is 5.32 Å². The largest absolute Gasteiger partial charge is 0.494 e. The third-order valence-electron chi connectivity index (χ3n) is 6.62. The van der Waals surface area contributed by atoms with Crippen LogP contribution in [0.3, 0.4) is 0 Å². The lowest BCUT2D eigenvalue weighted by atomic mass is 10.1. The Morgan fingerprint density at radius 2 is 2.08 bits per heavy atom. The van der Waals surface area contributed by atoms with Crippen LogP contribution in [0.5, 0.6) is 5.75 Å². The predicted molar refractivity (Wildman–Crippen MR) is 142 cm³/mol. The summed E-state index contributed by atoms with van der Waals surface area (Å²) in [7, 11) is 1.45. The van der Waals surface area contributed by atoms with Gasteiger partial charge in [0.1, 0.15) is 11.1 Å². The maximum atomic E-state index is 12.8. The lowest BCUT2D eigenvalue weighted by Gasteiger charge is -2.16. The Kier molecular flexibility index (Phi) is 6.28. The van der Waals surface area contributed by atoms with Gasteiger partial charge in [-0.2, -0.15) is 20.3 Å². The Bertz CT molecular complexity index is 1610. The van der Waals surface area contributed by atoms with Crippen LogP contribution in [0.1, 0.15) is 40.3 Å². The molecule has 0 atom stereocenters. The van der Waals surface area contributed by atoms with E-state index in [4.69, 9.17) is 8.85 Å². The molecule has 0 saturated heterocycles. The summed E-state index contributed by atoms with van der Waals surface area (Å²) in [6, 6.07) is 8.57. The fourth-order valence-electron chi connectivity index (χ4n) is 4.03. The second kappa shape index (κ2) is 11.0. The van der Waals surface area contributed by atoms with Gasteiger partial charge in [-0.15, -0.1) is 10.2 Å². The summed E-state index contributed by atoms with van der Waals surface area (Å²) in [5, 5.41) is 36.0. The minimum atomic E-state index is -2.77. The SMILES string of the molecule is [2H]C([2H])([2H])NC(=O)c1nnc(NC(=O)C2CC2)cc1Nc1cccc(-c2cnn(CCNC(=O)C3(C#N)CC3)n2)c1OC. The highest BCUT2D eigenvalue weighted by Gasteiger charge is 2.50. The van der Waals surface area contributed by atoms with Crippen molar-refractivity contribution in [2.45, 2.75) is 32.2 Å². The number of rotatable bonds is 11. The number of ether oxygens (including phenoxy) is 1. The molecule has 3 amide bonds. The van der Waals surface area contributed by atoms with Gasteiger partial charge in [0, 0.05) is 35.2 Å². The predicted octanol–water partition coefficient (Wildman–Crippen LogP) is 1.62. The molecule has 2 aromatic heterocycles. The quantitative estimate of drug-likeness (QED) is 0.274. The molecule has 2 saturated carbocycles. The molecule has 1 aromatic carbocycles. The molecule has 206 valence electrons. The Labute approximate surface area is 233 Å². The van der Waals surface area contributed by atoms with E-state index in [0.717, 1.165) is 12.8 Å². The van der Waals surface area contributed by atoms with Crippen LogP contribution < -0.4 is 26.0 Å². The van der Waals surface area contributed by atoms with Crippen LogP contribution >= 0.6 is 0 Å². The van der Waals surface area contributed by atoms with Crippen molar-refractivity contribution in [2.24, 2.45) is 11.3 Å². The molecule has 5 rings (SSSR count). The number of methoxy groups -OCH3 is 1. The minimum absolute atomic E-state index is 0.0727. The molecule has 0 unspecified atom stereocenters. The van der Waals surface area contributed by atoms with E-state index in [1.54, 1.807) is 18.2 Å². The molecule has 14 heteroatoms. The van der Waals surface area contributed by atoms with E-state index in [2.05, 4.69) is 42.4 Å². The topological polar surface area (TPSA) is 189 Å². The molecular formula is C26H28N10O4. The molecule has 3 aromatic rings. The number of hydrogen-bond acceptors (Lipinski definition) is 10. The third-order valence-corrected chi connectivity index (χ3v) is 6.62. The zero-order valence-electron chi connectivity index (χ0n) is 24.5. The number of carbonyl (C=O) groups is 3. The molecule has 2 aliphatic carbocycles. The van der Waals surface area contributed by atoms with Crippen molar-refractivity contribution in [1.82, 2.24) is 35.8 Å². The summed E-state index contributed by atoms with van der Waals surface area (Å²) in [4.78, 5) is 38.7. The van der Waals surface area contributed by atoms with Crippen LogP contribution in [0.2, 0.25) is 0 Å². The number of nitriles is 1. The van der Waals surface area contributed by atoms with Gasteiger partial charge in [0.05, 0.1) is 37.3 Å². The number of aromatic nitrogens is 5. The number of nitrogens with one attached hydrogen (secondary N) is 4. The summed E-state index contributed by atoms with van der Waals surface area (Å²) in [6.07, 6.45) is 4.18. The van der Waals surface area contributed by atoms with Crippen LogP contribution in [-0.2, 0) is 16.1 Å². The van der Waals surface area contributed by atoms with Gasteiger partial charge >= 0.3 is 0 Å². The lowest BCUT2D eigenvalue weighted by Crippen LogP contribution is -2.33. The minimum Gasteiger partial charge on any atom is -0.494 e. The first kappa shape index (κ1) is 22.9. The van der Waals surface area contributed by atoms with Gasteiger partial charge in [-0.25, -0.2) is 0 Å². The van der Waals surface area contributed by atoms with Crippen molar-refractivity contribution in [1.29, 1.82) is 5.26 Å². The van der Waals surface area contributed by atoms with Gasteiger partial charge in [-0.3, -0.25) is 14.4 Å². The average Bonchev–Trinajstić information content (AvgIpc) is 3.89. The standard InChI is InChI=1S/C26H28N10O4/c1-28-24(38)21-18(12-20(33-34-21)32-23(37)15-6-7-15)31-17-5-3-4-16(22(17)40-2)19-13-30-36(35-19)11-10-29-25(39)26(14-27)8-9-26/h3-5,12-13,15H,6-11H2,1-2H3,(H,28,38)(H,29,39)(H2,31,32,33,37)/i1D3. The van der Waals surface area contributed by atoms with E-state index < -0.39 is 18.3 Å². The monoisotopic (exact) mass is 547 g/mol. The van der Waals surface area contributed by atoms with E-state index in [0.29, 0.717) is 35.5 Å². The first-order valence-electron chi connectivity index (χ1n) is 14.1. The van der Waals surface area contributed by atoms with Gasteiger partial charge in [-0.05, 0) is 37.8 Å². The third kappa shape index (κ3) is 5.53. The number of hydrogen-bond donors (Lipinski definition) is 4. The molecule has 2 heterocycles. The van der Waals surface area contributed by atoms with E-state index >= 15 is 0 Å². The summed E-state index contributed by atoms with van der Waals surface area (Å²) in [6.45, 7) is -2.26. The van der Waals surface area contributed by atoms with E-state index in [-0.39, 0.29) is 48.0 Å². The van der Waals surface area contributed by atoms with Crippen LogP contribution in [0, 0.1) is 22.7 Å². The smallest absolute Gasteiger partial charge is 0.273 e. The van der Waals surface area contributed by atoms with Crippen molar-refractivity contribution >= 4 is 34.9 Å². The molecule has 0 aliphatic heterocycles. The zero-order valence-corrected chi connectivity index (χ0v) is 21.5. The second-order valence-electron chi connectivity index (χ2n) is 9.50. The lowest BCUT2D eigenvalue weighted by molar-refractivity contribution is -0.124. The number of anilines is 3. The van der Waals surface area contributed by atoms with Crippen LogP contribution in [0.25, 0.3) is 11.3 Å². The highest BCUT2D eigenvalue weighted by atomic mass is 16.5. The number of nitrogens with zero attached hydrogens (tertiary/aromatic N) is 6. The summed E-state index contributed by atoms with van der Waals surface area (Å²) in [5.41, 5.74) is 0.220. The summed E-state index contributed by atoms with van der Waals surface area (Å²) < 4.78 is 27.8. The Morgan fingerprint density at radius 1 is 1.25 bits per heavy atom. The highest BCUT2D eigenvalue weighted by Crippen LogP contribution is 2.45. The molecule has 0 radical (unpaired) electrons. The molecule has 4 N–H and O–H groups in total. The average molecular weight is 548 g/mol. The van der Waals surface area contributed by atoms with Gasteiger partial charge < -0.3 is 26.0 Å². The van der Waals surface area contributed by atoms with Crippen molar-refractivity contribution in [2.75, 3.05) is 31.3 Å². The van der Waals surface area contributed by atoms with Crippen molar-refractivity contribution in [3.63, 3.8) is 0 Å². The molecule has 14 nitrogen and oxygen atoms in total. The number of benzene rings is 1. The fourth-order valence-corrected chi connectivity index (χ4v) is 4.03. The molecule has 0 spiro atoms. The number of carbonyl (C=O) groups excluding carboxylic acids is 3. The van der Waals surface area contributed by atoms with Crippen molar-refractivity contribution in [3.05, 3.63) is 36.2 Å².